The van der Waals surface area contributed by atoms with Crippen LogP contribution in [0, 0.1) is 0 Å². The van der Waals surface area contributed by atoms with E-state index in [1.54, 1.807) is 5.19 Å². The number of hydrogen-bond acceptors (Lipinski definition) is 0. The number of benzene rings is 2. The summed E-state index contributed by atoms with van der Waals surface area (Å²) < 4.78 is 1.13. The van der Waals surface area contributed by atoms with Crippen LogP contribution in [0.15, 0.2) is 64.8 Å². The number of hydrogen-bond donors (Lipinski definition) is 0. The summed E-state index contributed by atoms with van der Waals surface area (Å²) in [7, 11) is -2.85. The highest BCUT2D eigenvalue weighted by atomic mass is 79.9. The summed E-state index contributed by atoms with van der Waals surface area (Å²) in [5.74, 6) is 0. The topological polar surface area (TPSA) is 0 Å². The van der Waals surface area contributed by atoms with Gasteiger partial charge in [0, 0.05) is 4.47 Å². The normalized spacial score (nSPS) is 12.8. The molecule has 0 spiro atoms. The minimum absolute atomic E-state index is 1.13. The molecule has 0 aliphatic carbocycles. The molecule has 0 atom stereocenters. The molecule has 0 nitrogen and oxygen atoms in total. The summed E-state index contributed by atoms with van der Waals surface area (Å²) in [6.45, 7) is 10.0. The molecule has 0 amide bonds. The highest BCUT2D eigenvalue weighted by Gasteiger charge is 2.40. The molecule has 0 bridgehead atoms. The minimum Gasteiger partial charge on any atom is -0.0961 e. The summed E-state index contributed by atoms with van der Waals surface area (Å²) in [5, 5.41) is 1.57. The monoisotopic (exact) mass is 374 g/mol. The summed E-state index contributed by atoms with van der Waals surface area (Å²) in [5.41, 5.74) is 3.81. The van der Waals surface area contributed by atoms with Crippen molar-refractivity contribution in [2.75, 3.05) is 0 Å². The Morgan fingerprint density at radius 3 is 1.95 bits per heavy atom. The molecule has 110 valence electrons. The van der Waals surface area contributed by atoms with Crippen molar-refractivity contribution in [2.24, 2.45) is 0 Å². The zero-order valence-electron chi connectivity index (χ0n) is 13.2. The highest BCUT2D eigenvalue weighted by Crippen LogP contribution is 2.22. The Bertz CT molecular complexity index is 613. The van der Waals surface area contributed by atoms with E-state index in [-0.39, 0.29) is 0 Å². The van der Waals surface area contributed by atoms with Gasteiger partial charge in [0.1, 0.15) is 0 Å². The van der Waals surface area contributed by atoms with Gasteiger partial charge in [-0.25, -0.2) is 0 Å². The lowest BCUT2D eigenvalue weighted by Crippen LogP contribution is -2.61. The summed E-state index contributed by atoms with van der Waals surface area (Å²) in [4.78, 5) is 0. The molecule has 3 heteroatoms. The van der Waals surface area contributed by atoms with Crippen molar-refractivity contribution in [2.45, 2.75) is 26.2 Å². The Balaban J connectivity index is 2.26. The second-order valence-electron chi connectivity index (χ2n) is 6.60. The lowest BCUT2D eigenvalue weighted by molar-refractivity contribution is 1.61. The van der Waals surface area contributed by atoms with Crippen LogP contribution in [-0.4, -0.2) is 15.2 Å². The largest absolute Gasteiger partial charge is 0.0961 e. The molecule has 21 heavy (non-hydrogen) atoms. The zero-order chi connectivity index (χ0) is 15.5. The summed E-state index contributed by atoms with van der Waals surface area (Å²) in [6, 6.07) is 19.6. The van der Waals surface area contributed by atoms with Crippen molar-refractivity contribution in [1.29, 1.82) is 0 Å². The predicted octanol–water partition coefficient (Wildman–Crippen LogP) is 5.40. The van der Waals surface area contributed by atoms with Crippen LogP contribution in [0.25, 0.3) is 6.08 Å². The highest BCUT2D eigenvalue weighted by molar-refractivity contribution is 9.10. The third kappa shape index (κ3) is 3.84. The lowest BCUT2D eigenvalue weighted by Gasteiger charge is -2.36. The first-order chi connectivity index (χ1) is 9.83. The van der Waals surface area contributed by atoms with Crippen LogP contribution in [0.4, 0.5) is 0 Å². The maximum atomic E-state index is 3.49. The average Bonchev–Trinajstić information content (AvgIpc) is 2.47. The van der Waals surface area contributed by atoms with E-state index in [1.807, 2.05) is 0 Å². The van der Waals surface area contributed by atoms with Gasteiger partial charge in [-0.2, -0.15) is 0 Å². The van der Waals surface area contributed by atoms with E-state index in [4.69, 9.17) is 0 Å². The molecule has 0 aliphatic rings. The van der Waals surface area contributed by atoms with E-state index in [1.165, 1.54) is 5.56 Å². The van der Waals surface area contributed by atoms with E-state index < -0.39 is 15.2 Å². The first-order valence-electron chi connectivity index (χ1n) is 7.33. The van der Waals surface area contributed by atoms with Crippen molar-refractivity contribution in [1.82, 2.24) is 0 Å². The Hall–Kier alpha value is -0.906. The first kappa shape index (κ1) is 16.5. The van der Waals surface area contributed by atoms with Crippen molar-refractivity contribution in [3.05, 3.63) is 70.3 Å². The number of rotatable bonds is 4. The minimum atomic E-state index is -1.43. The van der Waals surface area contributed by atoms with Gasteiger partial charge in [-0.05, 0) is 17.7 Å². The van der Waals surface area contributed by atoms with Gasteiger partial charge in [0.05, 0.1) is 15.2 Å². The van der Waals surface area contributed by atoms with Gasteiger partial charge < -0.3 is 0 Å². The van der Waals surface area contributed by atoms with Gasteiger partial charge >= 0.3 is 0 Å². The standard InChI is InChI=1S/C18H23BrSi2/c1-20(2,15-14-16-10-12-17(19)13-11-16)21(3,4)18-8-6-5-7-9-18/h5-15H,1-4H3/b15-14+. The molecule has 2 rings (SSSR count). The van der Waals surface area contributed by atoms with Gasteiger partial charge in [0.2, 0.25) is 0 Å². The fourth-order valence-electron chi connectivity index (χ4n) is 2.31. The van der Waals surface area contributed by atoms with E-state index in [2.05, 4.69) is 108 Å². The van der Waals surface area contributed by atoms with Crippen molar-refractivity contribution in [3.63, 3.8) is 0 Å². The predicted molar refractivity (Wildman–Crippen MR) is 104 cm³/mol. The van der Waals surface area contributed by atoms with E-state index in [9.17, 15) is 0 Å². The maximum Gasteiger partial charge on any atom is 0.0784 e. The van der Waals surface area contributed by atoms with Crippen LogP contribution in [0.1, 0.15) is 5.56 Å². The van der Waals surface area contributed by atoms with Crippen molar-refractivity contribution < 1.29 is 0 Å². The number of halogens is 1. The summed E-state index contributed by atoms with van der Waals surface area (Å²) >= 11 is 3.49. The fourth-order valence-corrected chi connectivity index (χ4v) is 9.61. The molecule has 0 aromatic heterocycles. The Labute approximate surface area is 138 Å². The van der Waals surface area contributed by atoms with Gasteiger partial charge in [-0.1, -0.05) is 102 Å². The SMILES string of the molecule is C[Si](C)(/C=C/c1ccc(Br)cc1)[Si](C)(C)c1ccccc1. The molecule has 0 saturated carbocycles. The van der Waals surface area contributed by atoms with Crippen molar-refractivity contribution >= 4 is 42.4 Å². The fraction of sp³-hybridized carbons (Fsp3) is 0.222. The third-order valence-corrected chi connectivity index (χ3v) is 22.2. The van der Waals surface area contributed by atoms with Crippen LogP contribution in [-0.2, 0) is 0 Å². The molecule has 0 unspecified atom stereocenters. The quantitative estimate of drug-likeness (QED) is 0.628. The molecule has 0 radical (unpaired) electrons. The van der Waals surface area contributed by atoms with Crippen LogP contribution in [0.2, 0.25) is 26.2 Å². The smallest absolute Gasteiger partial charge is 0.0784 e. The average molecular weight is 375 g/mol. The molecule has 0 aliphatic heterocycles. The van der Waals surface area contributed by atoms with Gasteiger partial charge in [-0.15, -0.1) is 0 Å². The molecule has 0 fully saturated rings. The maximum absolute atomic E-state index is 3.49. The summed E-state index contributed by atoms with van der Waals surface area (Å²) in [6.07, 6.45) is 2.32. The lowest BCUT2D eigenvalue weighted by atomic mass is 10.2. The molecular weight excluding hydrogens is 352 g/mol. The Morgan fingerprint density at radius 2 is 1.38 bits per heavy atom. The Kier molecular flexibility index (Phi) is 5.07. The molecular formula is C18H23BrSi2. The second-order valence-corrected chi connectivity index (χ2v) is 22.7. The molecule has 2 aromatic carbocycles. The molecule has 0 saturated heterocycles. The van der Waals surface area contributed by atoms with E-state index in [0.717, 1.165) is 4.47 Å². The second kappa shape index (κ2) is 6.47. The van der Waals surface area contributed by atoms with Gasteiger partial charge in [-0.3, -0.25) is 0 Å². The van der Waals surface area contributed by atoms with Crippen LogP contribution < -0.4 is 5.19 Å². The van der Waals surface area contributed by atoms with Crippen LogP contribution >= 0.6 is 15.9 Å². The van der Waals surface area contributed by atoms with E-state index >= 15 is 0 Å². The van der Waals surface area contributed by atoms with Crippen LogP contribution in [0.3, 0.4) is 0 Å². The van der Waals surface area contributed by atoms with Gasteiger partial charge in [0.25, 0.3) is 0 Å². The Morgan fingerprint density at radius 1 is 0.810 bits per heavy atom. The van der Waals surface area contributed by atoms with E-state index in [0.29, 0.717) is 0 Å². The molecule has 0 heterocycles. The molecule has 0 N–H and O–H groups in total. The van der Waals surface area contributed by atoms with Gasteiger partial charge in [0.15, 0.2) is 0 Å². The third-order valence-electron chi connectivity index (χ3n) is 4.67. The first-order valence-corrected chi connectivity index (χ1v) is 15.2. The van der Waals surface area contributed by atoms with Crippen molar-refractivity contribution in [3.8, 4) is 0 Å². The molecule has 2 aromatic rings. The zero-order valence-corrected chi connectivity index (χ0v) is 16.8. The van der Waals surface area contributed by atoms with Crippen LogP contribution in [0.5, 0.6) is 0 Å².